The van der Waals surface area contributed by atoms with E-state index in [0.29, 0.717) is 25.1 Å². The second kappa shape index (κ2) is 9.55. The maximum absolute atomic E-state index is 12.7. The Bertz CT molecular complexity index is 1150. The molecule has 0 aliphatic heterocycles. The molecule has 0 aliphatic carbocycles. The van der Waals surface area contributed by atoms with Crippen LogP contribution in [0.1, 0.15) is 22.5 Å². The molecule has 162 valence electrons. The molecule has 0 amide bonds. The third-order valence-corrected chi connectivity index (χ3v) is 6.28. The van der Waals surface area contributed by atoms with Crippen LogP contribution in [0.4, 0.5) is 9.52 Å². The number of rotatable bonds is 9. The van der Waals surface area contributed by atoms with Gasteiger partial charge in [-0.1, -0.05) is 41.7 Å². The lowest BCUT2D eigenvalue weighted by atomic mass is 10.1. The van der Waals surface area contributed by atoms with E-state index in [1.807, 2.05) is 25.1 Å². The van der Waals surface area contributed by atoms with Gasteiger partial charge in [0.15, 0.2) is 5.13 Å². The van der Waals surface area contributed by atoms with E-state index in [9.17, 15) is 4.39 Å². The van der Waals surface area contributed by atoms with Gasteiger partial charge in [0.1, 0.15) is 6.67 Å². The number of anilines is 1. The largest absolute Gasteiger partial charge is 0.378 e. The van der Waals surface area contributed by atoms with Crippen LogP contribution < -0.4 is 11.1 Å². The minimum absolute atomic E-state index is 0.0839. The second-order valence-electron chi connectivity index (χ2n) is 7.60. The van der Waals surface area contributed by atoms with Crippen LogP contribution in [0.3, 0.4) is 0 Å². The number of hydrogen-bond donors (Lipinski definition) is 3. The standard InChI is InChI=1S/C23H26FN5OS/c1-14-19-10-17(7-8-20(19)29-28-14)22-21(13-30-2)27-23(31-22)26-12-18(25)9-15-3-5-16(11-24)6-4-15/h3-8,10,18H,9,11-13,25H2,1-2H3,(H,26,27)(H,28,29)/t18-/m0/s1. The zero-order chi connectivity index (χ0) is 21.8. The molecule has 8 heteroatoms. The van der Waals surface area contributed by atoms with E-state index in [1.54, 1.807) is 30.6 Å². The molecule has 0 fully saturated rings. The predicted octanol–water partition coefficient (Wildman–Crippen LogP) is 4.59. The van der Waals surface area contributed by atoms with Crippen molar-refractivity contribution >= 4 is 27.4 Å². The maximum Gasteiger partial charge on any atom is 0.183 e. The number of methoxy groups -OCH3 is 1. The summed E-state index contributed by atoms with van der Waals surface area (Å²) < 4.78 is 18.0. The fourth-order valence-corrected chi connectivity index (χ4v) is 4.50. The molecular weight excluding hydrogens is 413 g/mol. The zero-order valence-electron chi connectivity index (χ0n) is 17.6. The van der Waals surface area contributed by atoms with Crippen LogP contribution in [-0.4, -0.2) is 34.9 Å². The first kappa shape index (κ1) is 21.4. The normalized spacial score (nSPS) is 12.4. The molecule has 4 aromatic rings. The van der Waals surface area contributed by atoms with Crippen LogP contribution in [0.2, 0.25) is 0 Å². The topological polar surface area (TPSA) is 88.8 Å². The Morgan fingerprint density at radius 3 is 2.71 bits per heavy atom. The molecule has 6 nitrogen and oxygen atoms in total. The Labute approximate surface area is 184 Å². The molecule has 0 spiro atoms. The Balaban J connectivity index is 1.47. The molecule has 31 heavy (non-hydrogen) atoms. The SMILES string of the molecule is COCc1nc(NC[C@@H](N)Cc2ccc(CF)cc2)sc1-c1ccc2n[nH]c(C)c2c1. The molecule has 0 unspecified atom stereocenters. The van der Waals surface area contributed by atoms with Gasteiger partial charge in [-0.25, -0.2) is 9.37 Å². The van der Waals surface area contributed by atoms with Gasteiger partial charge in [0, 0.05) is 30.8 Å². The second-order valence-corrected chi connectivity index (χ2v) is 8.60. The minimum Gasteiger partial charge on any atom is -0.378 e. The number of fused-ring (bicyclic) bond motifs is 1. The van der Waals surface area contributed by atoms with E-state index < -0.39 is 6.67 Å². The van der Waals surface area contributed by atoms with E-state index in [-0.39, 0.29) is 6.04 Å². The van der Waals surface area contributed by atoms with Gasteiger partial charge >= 0.3 is 0 Å². The van der Waals surface area contributed by atoms with Crippen molar-refractivity contribution in [3.8, 4) is 10.4 Å². The number of thiazole rings is 1. The molecule has 4 N–H and O–H groups in total. The number of nitrogens with zero attached hydrogens (tertiary/aromatic N) is 2. The summed E-state index contributed by atoms with van der Waals surface area (Å²) in [5, 5.41) is 12.6. The van der Waals surface area contributed by atoms with E-state index in [1.165, 1.54) is 0 Å². The lowest BCUT2D eigenvalue weighted by molar-refractivity contribution is 0.182. The van der Waals surface area contributed by atoms with Crippen molar-refractivity contribution < 1.29 is 9.13 Å². The summed E-state index contributed by atoms with van der Waals surface area (Å²) in [5.41, 5.74) is 12.1. The lowest BCUT2D eigenvalue weighted by Crippen LogP contribution is -2.31. The number of aromatic amines is 1. The third-order valence-electron chi connectivity index (χ3n) is 5.18. The minimum atomic E-state index is -0.447. The van der Waals surface area contributed by atoms with E-state index >= 15 is 0 Å². The number of H-pyrrole nitrogens is 1. The summed E-state index contributed by atoms with van der Waals surface area (Å²) in [6.07, 6.45) is 0.708. The van der Waals surface area contributed by atoms with Crippen LogP contribution in [0.5, 0.6) is 0 Å². The van der Waals surface area contributed by atoms with Crippen LogP contribution in [0.25, 0.3) is 21.3 Å². The summed E-state index contributed by atoms with van der Waals surface area (Å²) in [6.45, 7) is 2.59. The van der Waals surface area contributed by atoms with Crippen LogP contribution in [0, 0.1) is 6.92 Å². The molecule has 1 atom stereocenters. The van der Waals surface area contributed by atoms with Crippen molar-refractivity contribution in [3.05, 3.63) is 65.0 Å². The van der Waals surface area contributed by atoms with Gasteiger partial charge in [0.2, 0.25) is 0 Å². The molecule has 2 aromatic carbocycles. The van der Waals surface area contributed by atoms with Crippen LogP contribution in [-0.2, 0) is 24.4 Å². The number of aromatic nitrogens is 3. The monoisotopic (exact) mass is 439 g/mol. The molecule has 4 rings (SSSR count). The third kappa shape index (κ3) is 4.92. The summed E-state index contributed by atoms with van der Waals surface area (Å²) in [5.74, 6) is 0. The first-order chi connectivity index (χ1) is 15.1. The highest BCUT2D eigenvalue weighted by Crippen LogP contribution is 2.35. The average Bonchev–Trinajstić information content (AvgIpc) is 3.36. The number of hydrogen-bond acceptors (Lipinski definition) is 6. The highest BCUT2D eigenvalue weighted by atomic mass is 32.1. The van der Waals surface area contributed by atoms with Gasteiger partial charge in [0.05, 0.1) is 22.7 Å². The molecule has 0 bridgehead atoms. The van der Waals surface area contributed by atoms with Crippen molar-refractivity contribution in [2.75, 3.05) is 19.0 Å². The fourth-order valence-electron chi connectivity index (χ4n) is 3.52. The van der Waals surface area contributed by atoms with E-state index in [4.69, 9.17) is 15.5 Å². The molecule has 0 saturated heterocycles. The van der Waals surface area contributed by atoms with Gasteiger partial charge in [-0.05, 0) is 42.2 Å². The summed E-state index contributed by atoms with van der Waals surface area (Å²) in [6, 6.07) is 13.6. The van der Waals surface area contributed by atoms with Gasteiger partial charge in [-0.3, -0.25) is 5.10 Å². The van der Waals surface area contributed by atoms with Crippen molar-refractivity contribution in [3.63, 3.8) is 0 Å². The Morgan fingerprint density at radius 1 is 1.19 bits per heavy atom. The molecule has 2 aromatic heterocycles. The first-order valence-corrected chi connectivity index (χ1v) is 11.0. The number of nitrogens with two attached hydrogens (primary N) is 1. The van der Waals surface area contributed by atoms with Crippen molar-refractivity contribution in [2.45, 2.75) is 32.7 Å². The quantitative estimate of drug-likeness (QED) is 0.355. The number of aryl methyl sites for hydroxylation is 1. The van der Waals surface area contributed by atoms with E-state index in [2.05, 4.69) is 27.6 Å². The van der Waals surface area contributed by atoms with Crippen LogP contribution in [0.15, 0.2) is 42.5 Å². The maximum atomic E-state index is 12.7. The number of ether oxygens (including phenoxy) is 1. The zero-order valence-corrected chi connectivity index (χ0v) is 18.4. The van der Waals surface area contributed by atoms with Crippen molar-refractivity contribution in [1.82, 2.24) is 15.2 Å². The van der Waals surface area contributed by atoms with Crippen molar-refractivity contribution in [1.29, 1.82) is 0 Å². The Hall–Kier alpha value is -2.81. The fraction of sp³-hybridized carbons (Fsp3) is 0.304. The lowest BCUT2D eigenvalue weighted by Gasteiger charge is -2.12. The highest BCUT2D eigenvalue weighted by molar-refractivity contribution is 7.19. The molecule has 0 aliphatic rings. The Morgan fingerprint density at radius 2 is 1.97 bits per heavy atom. The molecule has 0 saturated carbocycles. The van der Waals surface area contributed by atoms with Gasteiger partial charge in [-0.2, -0.15) is 5.10 Å². The smallest absolute Gasteiger partial charge is 0.183 e. The number of nitrogens with one attached hydrogen (secondary N) is 2. The van der Waals surface area contributed by atoms with Crippen molar-refractivity contribution in [2.24, 2.45) is 5.73 Å². The molecule has 2 heterocycles. The van der Waals surface area contributed by atoms with Gasteiger partial charge in [0.25, 0.3) is 0 Å². The Kier molecular flexibility index (Phi) is 6.60. The molecule has 0 radical (unpaired) electrons. The van der Waals surface area contributed by atoms with Gasteiger partial charge < -0.3 is 15.8 Å². The summed E-state index contributed by atoms with van der Waals surface area (Å²) in [7, 11) is 1.67. The van der Waals surface area contributed by atoms with E-state index in [0.717, 1.165) is 43.4 Å². The number of halogens is 1. The number of benzene rings is 2. The number of alkyl halides is 1. The summed E-state index contributed by atoms with van der Waals surface area (Å²) in [4.78, 5) is 5.80. The average molecular weight is 440 g/mol. The summed E-state index contributed by atoms with van der Waals surface area (Å²) >= 11 is 1.59. The molecular formula is C23H26FN5OS. The first-order valence-electron chi connectivity index (χ1n) is 10.1. The predicted molar refractivity (Wildman–Crippen MR) is 124 cm³/mol. The van der Waals surface area contributed by atoms with Crippen LogP contribution >= 0.6 is 11.3 Å². The highest BCUT2D eigenvalue weighted by Gasteiger charge is 2.15. The van der Waals surface area contributed by atoms with Gasteiger partial charge in [-0.15, -0.1) is 0 Å².